The second-order valence-electron chi connectivity index (χ2n) is 9.09. The predicted octanol–water partition coefficient (Wildman–Crippen LogP) is 2.66. The number of unbranched alkanes of at least 4 members (excludes halogenated alkanes) is 1. The number of hydrogen-bond donors (Lipinski definition) is 4. The minimum Gasteiger partial charge on any atom is -0.459 e. The highest BCUT2D eigenvalue weighted by molar-refractivity contribution is 5.93. The molecule has 11 nitrogen and oxygen atoms in total. The van der Waals surface area contributed by atoms with Gasteiger partial charge in [0, 0.05) is 25.3 Å². The number of hydrogen-bond acceptors (Lipinski definition) is 9. The van der Waals surface area contributed by atoms with Crippen molar-refractivity contribution < 1.29 is 38.4 Å². The van der Waals surface area contributed by atoms with Gasteiger partial charge in [0.25, 0.3) is 5.91 Å². The van der Waals surface area contributed by atoms with Gasteiger partial charge in [-0.25, -0.2) is 0 Å². The van der Waals surface area contributed by atoms with Crippen LogP contribution in [-0.2, 0) is 23.8 Å². The molecule has 4 rings (SSSR count). The lowest BCUT2D eigenvalue weighted by atomic mass is 9.92. The number of fused-ring (bicyclic) bond motifs is 1. The molecule has 2 aliphatic heterocycles. The van der Waals surface area contributed by atoms with Gasteiger partial charge in [0.2, 0.25) is 19.0 Å². The van der Waals surface area contributed by atoms with Gasteiger partial charge in [-0.15, -0.1) is 0 Å². The van der Waals surface area contributed by atoms with Crippen LogP contribution in [0.25, 0.3) is 0 Å². The average Bonchev–Trinajstić information content (AvgIpc) is 3.42. The maximum atomic E-state index is 12.9. The first-order valence-corrected chi connectivity index (χ1v) is 13.0. The van der Waals surface area contributed by atoms with Gasteiger partial charge >= 0.3 is 0 Å². The number of aliphatic hydroxyl groups excluding tert-OH is 1. The lowest BCUT2D eigenvalue weighted by Crippen LogP contribution is -2.33. The van der Waals surface area contributed by atoms with Crippen LogP contribution in [-0.4, -0.2) is 63.0 Å². The number of rotatable bonds is 14. The van der Waals surface area contributed by atoms with Crippen LogP contribution in [0.5, 0.6) is 11.5 Å². The van der Waals surface area contributed by atoms with Gasteiger partial charge < -0.3 is 45.2 Å². The normalized spacial score (nSPS) is 17.7. The number of allylic oxidation sites excluding steroid dienone is 1. The van der Waals surface area contributed by atoms with Gasteiger partial charge in [-0.05, 0) is 48.7 Å². The van der Waals surface area contributed by atoms with Gasteiger partial charge in [-0.2, -0.15) is 0 Å². The quantitative estimate of drug-likeness (QED) is 0.209. The average molecular weight is 542 g/mol. The maximum Gasteiger partial charge on any atom is 0.286 e. The molecule has 0 radical (unpaired) electrons. The molecule has 11 heteroatoms. The SMILES string of the molecule is Nc1ccccc1NC(=O)CCCCNC(=O)C1=C[C@H](c2ccc3c(c2)OCO3)C[C@H](OCCOCCO)O1. The number of amides is 2. The fraction of sp³-hybridized carbons (Fsp3) is 0.429. The molecule has 2 aliphatic rings. The van der Waals surface area contributed by atoms with E-state index in [4.69, 9.17) is 34.5 Å². The molecule has 2 aromatic rings. The lowest BCUT2D eigenvalue weighted by Gasteiger charge is -2.29. The second kappa shape index (κ2) is 14.4. The molecule has 0 aromatic heterocycles. The number of ether oxygens (including phenoxy) is 5. The van der Waals surface area contributed by atoms with E-state index < -0.39 is 6.29 Å². The molecule has 2 amide bonds. The van der Waals surface area contributed by atoms with Crippen LogP contribution in [0.3, 0.4) is 0 Å². The van der Waals surface area contributed by atoms with E-state index in [0.29, 0.717) is 61.7 Å². The summed E-state index contributed by atoms with van der Waals surface area (Å²) in [4.78, 5) is 25.1. The molecular weight excluding hydrogens is 506 g/mol. The van der Waals surface area contributed by atoms with Crippen LogP contribution < -0.4 is 25.8 Å². The van der Waals surface area contributed by atoms with Crippen LogP contribution in [0, 0.1) is 0 Å². The van der Waals surface area contributed by atoms with Crippen molar-refractivity contribution in [2.45, 2.75) is 37.9 Å². The number of carbonyl (C=O) groups is 2. The summed E-state index contributed by atoms with van der Waals surface area (Å²) >= 11 is 0. The Hall–Kier alpha value is -3.80. The van der Waals surface area contributed by atoms with Crippen molar-refractivity contribution >= 4 is 23.2 Å². The first-order chi connectivity index (χ1) is 19.0. The number of nitrogens with one attached hydrogen (secondary N) is 2. The van der Waals surface area contributed by atoms with E-state index in [-0.39, 0.29) is 50.1 Å². The van der Waals surface area contributed by atoms with E-state index in [0.717, 1.165) is 5.56 Å². The summed E-state index contributed by atoms with van der Waals surface area (Å²) in [7, 11) is 0. The Morgan fingerprint density at radius 1 is 1.05 bits per heavy atom. The Bertz CT molecular complexity index is 1160. The van der Waals surface area contributed by atoms with Crippen molar-refractivity contribution in [1.29, 1.82) is 0 Å². The van der Waals surface area contributed by atoms with Gasteiger partial charge in [-0.1, -0.05) is 18.2 Å². The highest BCUT2D eigenvalue weighted by Crippen LogP contribution is 2.38. The van der Waals surface area contributed by atoms with Crippen molar-refractivity contribution in [3.8, 4) is 11.5 Å². The minimum absolute atomic E-state index is 0.0640. The minimum atomic E-state index is -0.655. The highest BCUT2D eigenvalue weighted by atomic mass is 16.7. The van der Waals surface area contributed by atoms with E-state index in [1.165, 1.54) is 0 Å². The van der Waals surface area contributed by atoms with E-state index in [2.05, 4.69) is 10.6 Å². The lowest BCUT2D eigenvalue weighted by molar-refractivity contribution is -0.151. The number of aliphatic hydroxyl groups is 1. The summed E-state index contributed by atoms with van der Waals surface area (Å²) < 4.78 is 27.9. The third-order valence-corrected chi connectivity index (χ3v) is 6.22. The number of carbonyl (C=O) groups excluding carboxylic acids is 2. The van der Waals surface area contributed by atoms with Crippen molar-refractivity contribution in [3.05, 3.63) is 59.9 Å². The number of benzene rings is 2. The summed E-state index contributed by atoms with van der Waals surface area (Å²) in [5.41, 5.74) is 7.91. The van der Waals surface area contributed by atoms with Gasteiger partial charge in [-0.3, -0.25) is 9.59 Å². The van der Waals surface area contributed by atoms with Gasteiger partial charge in [0.05, 0.1) is 37.8 Å². The largest absolute Gasteiger partial charge is 0.459 e. The standard InChI is InChI=1S/C28H35N3O8/c29-21-5-1-2-6-22(21)31-26(33)7-3-4-10-30-28(34)25-16-20(17-27(39-25)36-14-13-35-12-11-32)19-8-9-23-24(15-19)38-18-37-23/h1-2,5-6,8-9,15-16,20,27,32H,3-4,7,10-14,17-18,29H2,(H,30,34)(H,31,33)/t20-,27+/m0/s1. The monoisotopic (exact) mass is 541 g/mol. The molecule has 39 heavy (non-hydrogen) atoms. The molecule has 2 atom stereocenters. The topological polar surface area (TPSA) is 151 Å². The molecular formula is C28H35N3O8. The Morgan fingerprint density at radius 2 is 1.90 bits per heavy atom. The van der Waals surface area contributed by atoms with Crippen LogP contribution in [0.2, 0.25) is 0 Å². The van der Waals surface area contributed by atoms with Gasteiger partial charge in [0.1, 0.15) is 0 Å². The number of anilines is 2. The van der Waals surface area contributed by atoms with E-state index in [9.17, 15) is 9.59 Å². The zero-order valence-corrected chi connectivity index (χ0v) is 21.7. The highest BCUT2D eigenvalue weighted by Gasteiger charge is 2.29. The third kappa shape index (κ3) is 8.34. The molecule has 210 valence electrons. The van der Waals surface area contributed by atoms with Crippen LogP contribution >= 0.6 is 0 Å². The van der Waals surface area contributed by atoms with Crippen LogP contribution in [0.15, 0.2) is 54.3 Å². The Labute approximate surface area is 227 Å². The molecule has 0 saturated carbocycles. The van der Waals surface area contributed by atoms with Gasteiger partial charge in [0.15, 0.2) is 17.3 Å². The first kappa shape index (κ1) is 28.2. The zero-order valence-electron chi connectivity index (χ0n) is 21.7. The molecule has 0 aliphatic carbocycles. The molecule has 5 N–H and O–H groups in total. The van der Waals surface area contributed by atoms with E-state index >= 15 is 0 Å². The van der Waals surface area contributed by atoms with Crippen molar-refractivity contribution in [2.75, 3.05) is 50.8 Å². The molecule has 0 fully saturated rings. The van der Waals surface area contributed by atoms with Crippen molar-refractivity contribution in [1.82, 2.24) is 5.32 Å². The maximum absolute atomic E-state index is 12.9. The first-order valence-electron chi connectivity index (χ1n) is 13.0. The van der Waals surface area contributed by atoms with Crippen molar-refractivity contribution in [3.63, 3.8) is 0 Å². The Balaban J connectivity index is 1.28. The predicted molar refractivity (Wildman–Crippen MR) is 143 cm³/mol. The summed E-state index contributed by atoms with van der Waals surface area (Å²) in [5, 5.41) is 14.5. The molecule has 0 unspecified atom stereocenters. The molecule has 0 bridgehead atoms. The van der Waals surface area contributed by atoms with Crippen LogP contribution in [0.4, 0.5) is 11.4 Å². The van der Waals surface area contributed by atoms with Crippen LogP contribution in [0.1, 0.15) is 37.2 Å². The number of nitrogens with two attached hydrogens (primary N) is 1. The molecule has 0 saturated heterocycles. The molecule has 0 spiro atoms. The second-order valence-corrected chi connectivity index (χ2v) is 9.09. The fourth-order valence-corrected chi connectivity index (χ4v) is 4.22. The molecule has 2 aromatic carbocycles. The van der Waals surface area contributed by atoms with E-state index in [1.807, 2.05) is 18.2 Å². The Kier molecular flexibility index (Phi) is 10.4. The van der Waals surface area contributed by atoms with Crippen molar-refractivity contribution in [2.24, 2.45) is 0 Å². The summed E-state index contributed by atoms with van der Waals surface area (Å²) in [6.45, 7) is 1.28. The fourth-order valence-electron chi connectivity index (χ4n) is 4.22. The summed E-state index contributed by atoms with van der Waals surface area (Å²) in [5.74, 6) is 0.878. The zero-order chi connectivity index (χ0) is 27.5. The summed E-state index contributed by atoms with van der Waals surface area (Å²) in [6.07, 6.45) is 3.15. The number of para-hydroxylation sites is 2. The molecule has 2 heterocycles. The Morgan fingerprint density at radius 3 is 2.74 bits per heavy atom. The number of nitrogen functional groups attached to an aromatic ring is 1. The summed E-state index contributed by atoms with van der Waals surface area (Å²) in [6, 6.07) is 12.8. The third-order valence-electron chi connectivity index (χ3n) is 6.22. The van der Waals surface area contributed by atoms with E-state index in [1.54, 1.807) is 30.3 Å². The smallest absolute Gasteiger partial charge is 0.286 e.